The summed E-state index contributed by atoms with van der Waals surface area (Å²) in [5, 5.41) is 9.55. The average Bonchev–Trinajstić information content (AvgIpc) is 2.77. The highest BCUT2D eigenvalue weighted by atomic mass is 16.2. The van der Waals surface area contributed by atoms with Crippen LogP contribution in [0.1, 0.15) is 28.7 Å². The number of nitrogens with zero attached hydrogens (tertiary/aromatic N) is 2. The van der Waals surface area contributed by atoms with E-state index in [9.17, 15) is 4.79 Å². The Morgan fingerprint density at radius 3 is 3.00 bits per heavy atom. The first kappa shape index (κ1) is 11.3. The van der Waals surface area contributed by atoms with E-state index in [1.165, 1.54) is 0 Å². The first-order valence-corrected chi connectivity index (χ1v) is 5.48. The molecule has 1 amide bonds. The second kappa shape index (κ2) is 4.78. The lowest BCUT2D eigenvalue weighted by molar-refractivity contribution is 0.102. The maximum Gasteiger partial charge on any atom is 0.275 e. The van der Waals surface area contributed by atoms with Crippen LogP contribution in [-0.4, -0.2) is 21.1 Å². The molecular weight excluding hydrogens is 216 g/mol. The van der Waals surface area contributed by atoms with Gasteiger partial charge in [-0.15, -0.1) is 0 Å². The van der Waals surface area contributed by atoms with Gasteiger partial charge in [-0.1, -0.05) is 13.0 Å². The Bertz CT molecular complexity index is 533. The minimum Gasteiger partial charge on any atom is -0.304 e. The molecule has 0 bridgehead atoms. The molecule has 5 nitrogen and oxygen atoms in total. The van der Waals surface area contributed by atoms with Gasteiger partial charge in [0.1, 0.15) is 5.69 Å². The van der Waals surface area contributed by atoms with Gasteiger partial charge in [-0.25, -0.2) is 0 Å². The van der Waals surface area contributed by atoms with Crippen molar-refractivity contribution in [2.24, 2.45) is 0 Å². The first-order valence-electron chi connectivity index (χ1n) is 5.48. The average molecular weight is 230 g/mol. The second-order valence-corrected chi connectivity index (χ2v) is 3.76. The van der Waals surface area contributed by atoms with Crippen LogP contribution >= 0.6 is 0 Å². The summed E-state index contributed by atoms with van der Waals surface area (Å²) >= 11 is 0. The molecule has 0 aliphatic rings. The number of anilines is 1. The highest BCUT2D eigenvalue weighted by molar-refractivity contribution is 6.03. The number of carbonyl (C=O) groups is 1. The third kappa shape index (κ3) is 2.50. The first-order chi connectivity index (χ1) is 8.20. The molecule has 2 rings (SSSR count). The van der Waals surface area contributed by atoms with Crippen LogP contribution in [0.4, 0.5) is 5.82 Å². The fourth-order valence-corrected chi connectivity index (χ4v) is 1.51. The number of aromatic amines is 1. The molecule has 2 aromatic rings. The van der Waals surface area contributed by atoms with E-state index in [1.54, 1.807) is 12.3 Å². The van der Waals surface area contributed by atoms with E-state index in [-0.39, 0.29) is 5.91 Å². The Labute approximate surface area is 99.3 Å². The van der Waals surface area contributed by atoms with Crippen molar-refractivity contribution < 1.29 is 4.79 Å². The van der Waals surface area contributed by atoms with Crippen molar-refractivity contribution in [3.8, 4) is 0 Å². The monoisotopic (exact) mass is 230 g/mol. The molecule has 0 radical (unpaired) electrons. The number of hydrogen-bond donors (Lipinski definition) is 2. The van der Waals surface area contributed by atoms with Crippen LogP contribution in [0.2, 0.25) is 0 Å². The van der Waals surface area contributed by atoms with Crippen molar-refractivity contribution in [3.63, 3.8) is 0 Å². The molecule has 2 N–H and O–H groups in total. The molecule has 17 heavy (non-hydrogen) atoms. The van der Waals surface area contributed by atoms with Crippen molar-refractivity contribution in [2.75, 3.05) is 5.32 Å². The summed E-state index contributed by atoms with van der Waals surface area (Å²) in [4.78, 5) is 16.0. The summed E-state index contributed by atoms with van der Waals surface area (Å²) < 4.78 is 0. The molecule has 2 heterocycles. The molecule has 0 aliphatic carbocycles. The van der Waals surface area contributed by atoms with Gasteiger partial charge in [0, 0.05) is 18.0 Å². The molecular formula is C12H14N4O. The SMILES string of the molecule is CCc1cc(NC(=O)c2ncccc2C)n[nH]1. The molecule has 0 saturated carbocycles. The van der Waals surface area contributed by atoms with E-state index < -0.39 is 0 Å². The number of pyridine rings is 1. The molecule has 0 saturated heterocycles. The topological polar surface area (TPSA) is 70.7 Å². The van der Waals surface area contributed by atoms with Crippen LogP contribution in [0, 0.1) is 6.92 Å². The number of carbonyl (C=O) groups excluding carboxylic acids is 1. The normalized spacial score (nSPS) is 10.2. The lowest BCUT2D eigenvalue weighted by atomic mass is 10.2. The Balaban J connectivity index is 2.14. The van der Waals surface area contributed by atoms with Crippen LogP contribution in [0.25, 0.3) is 0 Å². The van der Waals surface area contributed by atoms with E-state index in [0.717, 1.165) is 17.7 Å². The summed E-state index contributed by atoms with van der Waals surface area (Å²) in [5.74, 6) is 0.286. The van der Waals surface area contributed by atoms with E-state index in [4.69, 9.17) is 0 Å². The lowest BCUT2D eigenvalue weighted by Crippen LogP contribution is -2.15. The van der Waals surface area contributed by atoms with Gasteiger partial charge in [0.05, 0.1) is 0 Å². The molecule has 88 valence electrons. The van der Waals surface area contributed by atoms with Crippen molar-refractivity contribution >= 4 is 11.7 Å². The van der Waals surface area contributed by atoms with Gasteiger partial charge in [0.25, 0.3) is 5.91 Å². The zero-order chi connectivity index (χ0) is 12.3. The van der Waals surface area contributed by atoms with Gasteiger partial charge in [0.15, 0.2) is 5.82 Å². The summed E-state index contributed by atoms with van der Waals surface area (Å²) in [5.41, 5.74) is 2.25. The molecule has 0 aliphatic heterocycles. The van der Waals surface area contributed by atoms with Crippen LogP contribution in [0.3, 0.4) is 0 Å². The summed E-state index contributed by atoms with van der Waals surface area (Å²) in [6, 6.07) is 5.47. The van der Waals surface area contributed by atoms with Crippen molar-refractivity contribution in [2.45, 2.75) is 20.3 Å². The van der Waals surface area contributed by atoms with Gasteiger partial charge in [-0.2, -0.15) is 5.10 Å². The molecule has 0 atom stereocenters. The largest absolute Gasteiger partial charge is 0.304 e. The highest BCUT2D eigenvalue weighted by Crippen LogP contribution is 2.09. The van der Waals surface area contributed by atoms with Gasteiger partial charge in [-0.05, 0) is 25.0 Å². The molecule has 0 spiro atoms. The number of amides is 1. The lowest BCUT2D eigenvalue weighted by Gasteiger charge is -2.03. The van der Waals surface area contributed by atoms with Crippen molar-refractivity contribution in [1.29, 1.82) is 0 Å². The van der Waals surface area contributed by atoms with Crippen molar-refractivity contribution in [1.82, 2.24) is 15.2 Å². The quantitative estimate of drug-likeness (QED) is 0.846. The maximum absolute atomic E-state index is 11.9. The Morgan fingerprint density at radius 2 is 2.35 bits per heavy atom. The molecule has 0 aromatic carbocycles. The summed E-state index contributed by atoms with van der Waals surface area (Å²) in [7, 11) is 0. The minimum atomic E-state index is -0.239. The van der Waals surface area contributed by atoms with Crippen LogP contribution in [0.15, 0.2) is 24.4 Å². The summed E-state index contributed by atoms with van der Waals surface area (Å²) in [6.45, 7) is 3.87. The smallest absolute Gasteiger partial charge is 0.275 e. The second-order valence-electron chi connectivity index (χ2n) is 3.76. The number of nitrogens with one attached hydrogen (secondary N) is 2. The number of H-pyrrole nitrogens is 1. The van der Waals surface area contributed by atoms with Crippen LogP contribution in [0.5, 0.6) is 0 Å². The highest BCUT2D eigenvalue weighted by Gasteiger charge is 2.11. The van der Waals surface area contributed by atoms with E-state index in [0.29, 0.717) is 11.5 Å². The van der Waals surface area contributed by atoms with Gasteiger partial charge < -0.3 is 5.32 Å². The fourth-order valence-electron chi connectivity index (χ4n) is 1.51. The zero-order valence-corrected chi connectivity index (χ0v) is 9.82. The minimum absolute atomic E-state index is 0.239. The Morgan fingerprint density at radius 1 is 1.53 bits per heavy atom. The van der Waals surface area contributed by atoms with Gasteiger partial charge >= 0.3 is 0 Å². The Hall–Kier alpha value is -2.17. The number of hydrogen-bond acceptors (Lipinski definition) is 3. The van der Waals surface area contributed by atoms with Crippen LogP contribution in [-0.2, 0) is 6.42 Å². The third-order valence-electron chi connectivity index (χ3n) is 2.48. The summed E-state index contributed by atoms with van der Waals surface area (Å²) in [6.07, 6.45) is 2.45. The molecule has 2 aromatic heterocycles. The van der Waals surface area contributed by atoms with Crippen molar-refractivity contribution in [3.05, 3.63) is 41.3 Å². The zero-order valence-electron chi connectivity index (χ0n) is 9.82. The molecule has 5 heteroatoms. The number of aryl methyl sites for hydroxylation is 2. The van der Waals surface area contributed by atoms with E-state index >= 15 is 0 Å². The van der Waals surface area contributed by atoms with E-state index in [2.05, 4.69) is 20.5 Å². The fraction of sp³-hybridized carbons (Fsp3) is 0.250. The van der Waals surface area contributed by atoms with Gasteiger partial charge in [-0.3, -0.25) is 14.9 Å². The predicted octanol–water partition coefficient (Wildman–Crippen LogP) is 1.93. The molecule has 0 unspecified atom stereocenters. The van der Waals surface area contributed by atoms with Gasteiger partial charge in [0.2, 0.25) is 0 Å². The van der Waals surface area contributed by atoms with E-state index in [1.807, 2.05) is 26.0 Å². The molecule has 0 fully saturated rings. The standard InChI is InChI=1S/C12H14N4O/c1-3-9-7-10(16-15-9)14-12(17)11-8(2)5-4-6-13-11/h4-7H,3H2,1-2H3,(H2,14,15,16,17). The van der Waals surface area contributed by atoms with Crippen LogP contribution < -0.4 is 5.32 Å². The number of aromatic nitrogens is 3. The third-order valence-corrected chi connectivity index (χ3v) is 2.48. The Kier molecular flexibility index (Phi) is 3.18. The maximum atomic E-state index is 11.9. The predicted molar refractivity (Wildman–Crippen MR) is 64.9 cm³/mol. The number of rotatable bonds is 3.